The van der Waals surface area contributed by atoms with Crippen molar-refractivity contribution < 1.29 is 4.74 Å². The summed E-state index contributed by atoms with van der Waals surface area (Å²) in [5.74, 6) is 2.40. The molecule has 9 heteroatoms. The maximum atomic E-state index is 12.3. The molecule has 0 saturated heterocycles. The predicted octanol–water partition coefficient (Wildman–Crippen LogP) is 2.48. The second kappa shape index (κ2) is 7.79. The Labute approximate surface area is 153 Å². The fourth-order valence-electron chi connectivity index (χ4n) is 2.37. The van der Waals surface area contributed by atoms with Crippen LogP contribution in [0.1, 0.15) is 12.0 Å². The topological polar surface area (TPSA) is 98.8 Å². The van der Waals surface area contributed by atoms with Gasteiger partial charge in [0, 0.05) is 11.6 Å². The number of rotatable bonds is 7. The van der Waals surface area contributed by atoms with Gasteiger partial charge >= 0.3 is 5.69 Å². The van der Waals surface area contributed by atoms with Crippen LogP contribution in [0.2, 0.25) is 0 Å². The standard InChI is InChI=1S/C16H18ClN5O2S/c1-24-11-5-3-10(4-6-11)9-22-14-12(19-16(22)23)13(18)20-15(21-14)25-8-2-7-17/h3-6H,2,7-9H2,1H3,(H,19,23)(H2,18,20,21). The molecule has 0 radical (unpaired) electrons. The Balaban J connectivity index is 1.95. The van der Waals surface area contributed by atoms with Gasteiger partial charge in [-0.05, 0) is 24.1 Å². The van der Waals surface area contributed by atoms with Crippen molar-refractivity contribution in [2.75, 3.05) is 24.5 Å². The van der Waals surface area contributed by atoms with E-state index in [1.54, 1.807) is 11.7 Å². The summed E-state index contributed by atoms with van der Waals surface area (Å²) in [5, 5.41) is 0.539. The van der Waals surface area contributed by atoms with Gasteiger partial charge in [0.1, 0.15) is 11.3 Å². The first-order valence-electron chi connectivity index (χ1n) is 7.70. The first-order chi connectivity index (χ1) is 12.1. The fourth-order valence-corrected chi connectivity index (χ4v) is 3.45. The lowest BCUT2D eigenvalue weighted by Crippen LogP contribution is -2.17. The zero-order valence-electron chi connectivity index (χ0n) is 13.7. The Hall–Kier alpha value is -2.19. The van der Waals surface area contributed by atoms with Gasteiger partial charge in [-0.2, -0.15) is 0 Å². The third-order valence-electron chi connectivity index (χ3n) is 3.64. The third kappa shape index (κ3) is 3.91. The van der Waals surface area contributed by atoms with Crippen molar-refractivity contribution in [3.05, 3.63) is 40.3 Å². The number of nitrogens with one attached hydrogen (secondary N) is 1. The van der Waals surface area contributed by atoms with Crippen molar-refractivity contribution in [1.29, 1.82) is 0 Å². The number of benzene rings is 1. The van der Waals surface area contributed by atoms with Crippen LogP contribution in [0.4, 0.5) is 5.82 Å². The van der Waals surface area contributed by atoms with Gasteiger partial charge in [-0.1, -0.05) is 23.9 Å². The Bertz CT molecular complexity index is 923. The van der Waals surface area contributed by atoms with Crippen LogP contribution in [-0.2, 0) is 6.54 Å². The minimum absolute atomic E-state index is 0.268. The average molecular weight is 380 g/mol. The Morgan fingerprint density at radius 3 is 2.76 bits per heavy atom. The molecule has 2 aromatic heterocycles. The maximum absolute atomic E-state index is 12.3. The largest absolute Gasteiger partial charge is 0.497 e. The number of H-pyrrole nitrogens is 1. The Morgan fingerprint density at radius 2 is 2.08 bits per heavy atom. The number of thioether (sulfide) groups is 1. The molecule has 0 spiro atoms. The number of aromatic amines is 1. The quantitative estimate of drug-likeness (QED) is 0.283. The van der Waals surface area contributed by atoms with E-state index in [0.29, 0.717) is 28.7 Å². The van der Waals surface area contributed by atoms with E-state index in [2.05, 4.69) is 15.0 Å². The number of fused-ring (bicyclic) bond motifs is 1. The van der Waals surface area contributed by atoms with Crippen molar-refractivity contribution in [3.8, 4) is 5.75 Å². The monoisotopic (exact) mass is 379 g/mol. The van der Waals surface area contributed by atoms with Gasteiger partial charge in [-0.3, -0.25) is 4.57 Å². The van der Waals surface area contributed by atoms with Crippen LogP contribution in [-0.4, -0.2) is 38.3 Å². The van der Waals surface area contributed by atoms with Gasteiger partial charge in [0.25, 0.3) is 0 Å². The molecule has 3 N–H and O–H groups in total. The number of hydrogen-bond donors (Lipinski definition) is 2. The summed E-state index contributed by atoms with van der Waals surface area (Å²) >= 11 is 7.17. The van der Waals surface area contributed by atoms with E-state index in [4.69, 9.17) is 22.1 Å². The number of methoxy groups -OCH3 is 1. The summed E-state index contributed by atoms with van der Waals surface area (Å²) in [5.41, 5.74) is 7.63. The molecule has 0 atom stereocenters. The van der Waals surface area contributed by atoms with Crippen LogP contribution in [0.15, 0.2) is 34.2 Å². The van der Waals surface area contributed by atoms with E-state index in [0.717, 1.165) is 23.5 Å². The molecule has 3 rings (SSSR count). The van der Waals surface area contributed by atoms with Gasteiger partial charge in [0.15, 0.2) is 16.6 Å². The molecule has 0 unspecified atom stereocenters. The van der Waals surface area contributed by atoms with E-state index in [-0.39, 0.29) is 11.5 Å². The van der Waals surface area contributed by atoms with E-state index >= 15 is 0 Å². The third-order valence-corrected chi connectivity index (χ3v) is 4.84. The van der Waals surface area contributed by atoms with Crippen molar-refractivity contribution in [2.24, 2.45) is 0 Å². The van der Waals surface area contributed by atoms with Crippen LogP contribution in [0, 0.1) is 0 Å². The molecule has 1 aromatic carbocycles. The Kier molecular flexibility index (Phi) is 5.50. The summed E-state index contributed by atoms with van der Waals surface area (Å²) in [6, 6.07) is 7.52. The van der Waals surface area contributed by atoms with E-state index in [9.17, 15) is 4.79 Å². The van der Waals surface area contributed by atoms with Crippen molar-refractivity contribution >= 4 is 40.3 Å². The highest BCUT2D eigenvalue weighted by Crippen LogP contribution is 2.22. The van der Waals surface area contributed by atoms with Gasteiger partial charge < -0.3 is 15.5 Å². The maximum Gasteiger partial charge on any atom is 0.328 e. The fraction of sp³-hybridized carbons (Fsp3) is 0.312. The van der Waals surface area contributed by atoms with Crippen LogP contribution in [0.5, 0.6) is 5.75 Å². The minimum Gasteiger partial charge on any atom is -0.497 e. The van der Waals surface area contributed by atoms with E-state index in [1.807, 2.05) is 24.3 Å². The number of aromatic nitrogens is 4. The lowest BCUT2D eigenvalue weighted by Gasteiger charge is -2.06. The SMILES string of the molecule is COc1ccc(Cn2c(=O)[nH]c3c(N)nc(SCCCCl)nc32)cc1. The number of nitrogen functional groups attached to an aromatic ring is 1. The van der Waals surface area contributed by atoms with E-state index < -0.39 is 0 Å². The van der Waals surface area contributed by atoms with Gasteiger partial charge in [0.05, 0.1) is 13.7 Å². The number of imidazole rings is 1. The second-order valence-corrected chi connectivity index (χ2v) is 6.79. The molecule has 0 aliphatic rings. The second-order valence-electron chi connectivity index (χ2n) is 5.35. The summed E-state index contributed by atoms with van der Waals surface area (Å²) in [6.07, 6.45) is 0.847. The molecule has 7 nitrogen and oxygen atoms in total. The summed E-state index contributed by atoms with van der Waals surface area (Å²) in [7, 11) is 1.61. The molecular weight excluding hydrogens is 362 g/mol. The molecule has 3 aromatic rings. The van der Waals surface area contributed by atoms with Crippen LogP contribution in [0.25, 0.3) is 11.2 Å². The van der Waals surface area contributed by atoms with Gasteiger partial charge in [0.2, 0.25) is 0 Å². The van der Waals surface area contributed by atoms with Crippen LogP contribution >= 0.6 is 23.4 Å². The number of nitrogens with zero attached hydrogens (tertiary/aromatic N) is 3. The molecule has 0 saturated carbocycles. The van der Waals surface area contributed by atoms with Crippen molar-refractivity contribution in [2.45, 2.75) is 18.1 Å². The molecule has 2 heterocycles. The van der Waals surface area contributed by atoms with Crippen LogP contribution < -0.4 is 16.2 Å². The highest BCUT2D eigenvalue weighted by molar-refractivity contribution is 7.99. The Morgan fingerprint density at radius 1 is 1.32 bits per heavy atom. The predicted molar refractivity (Wildman–Crippen MR) is 101 cm³/mol. The molecule has 0 amide bonds. The number of halogens is 1. The number of hydrogen-bond acceptors (Lipinski definition) is 6. The highest BCUT2D eigenvalue weighted by Gasteiger charge is 2.14. The first-order valence-corrected chi connectivity index (χ1v) is 9.22. The smallest absolute Gasteiger partial charge is 0.328 e. The van der Waals surface area contributed by atoms with Crippen molar-refractivity contribution in [1.82, 2.24) is 19.5 Å². The molecule has 0 bridgehead atoms. The summed E-state index contributed by atoms with van der Waals surface area (Å²) in [6.45, 7) is 0.380. The average Bonchev–Trinajstić information content (AvgIpc) is 2.93. The molecule has 0 aliphatic carbocycles. The number of anilines is 1. The lowest BCUT2D eigenvalue weighted by molar-refractivity contribution is 0.414. The number of alkyl halides is 1. The zero-order chi connectivity index (χ0) is 17.8. The van der Waals surface area contributed by atoms with Crippen LogP contribution in [0.3, 0.4) is 0 Å². The van der Waals surface area contributed by atoms with Gasteiger partial charge in [-0.25, -0.2) is 14.8 Å². The zero-order valence-corrected chi connectivity index (χ0v) is 15.2. The van der Waals surface area contributed by atoms with Gasteiger partial charge in [-0.15, -0.1) is 11.6 Å². The normalized spacial score (nSPS) is 11.1. The number of ether oxygens (including phenoxy) is 1. The lowest BCUT2D eigenvalue weighted by atomic mass is 10.2. The number of nitrogens with two attached hydrogens (primary N) is 1. The molecule has 25 heavy (non-hydrogen) atoms. The molecule has 132 valence electrons. The minimum atomic E-state index is -0.269. The molecular formula is C16H18ClN5O2S. The first kappa shape index (κ1) is 17.6. The highest BCUT2D eigenvalue weighted by atomic mass is 35.5. The molecule has 0 fully saturated rings. The summed E-state index contributed by atoms with van der Waals surface area (Å²) in [4.78, 5) is 23.8. The molecule has 0 aliphatic heterocycles. The van der Waals surface area contributed by atoms with E-state index in [1.165, 1.54) is 11.8 Å². The summed E-state index contributed by atoms with van der Waals surface area (Å²) < 4.78 is 6.71. The van der Waals surface area contributed by atoms with Crippen molar-refractivity contribution in [3.63, 3.8) is 0 Å².